The average Bonchev–Trinajstić information content (AvgIpc) is 3.33. The van der Waals surface area contributed by atoms with E-state index in [-0.39, 0.29) is 20.1 Å². The molecule has 0 spiro atoms. The largest absolute Gasteiger partial charge is 0.512 e. The van der Waals surface area contributed by atoms with Gasteiger partial charge in [-0.25, -0.2) is 4.98 Å². The van der Waals surface area contributed by atoms with Crippen LogP contribution in [0, 0.1) is 31.7 Å². The second kappa shape index (κ2) is 15.8. The fourth-order valence-corrected chi connectivity index (χ4v) is 19.5. The number of carbonyl (C=O) groups is 1. The van der Waals surface area contributed by atoms with Gasteiger partial charge < -0.3 is 5.11 Å². The monoisotopic (exact) mass is 894 g/mol. The van der Waals surface area contributed by atoms with Crippen molar-refractivity contribution < 1.29 is 56.3 Å². The Morgan fingerprint density at radius 2 is 1.51 bits per heavy atom. The first-order chi connectivity index (χ1) is 21.1. The van der Waals surface area contributed by atoms with Crippen LogP contribution in [-0.2, 0) is 24.9 Å². The summed E-state index contributed by atoms with van der Waals surface area (Å²) >= 11 is 1.99. The second-order valence-electron chi connectivity index (χ2n) is 13.5. The molecule has 0 fully saturated rings. The molecule has 0 unspecified atom stereocenters. The van der Waals surface area contributed by atoms with Gasteiger partial charge in [-0.3, -0.25) is 9.78 Å². The number of aliphatic hydroxyl groups is 1. The molecular formula is C33H43F6IrN2O2SSi2-. The Hall–Kier alpha value is -1.87. The van der Waals surface area contributed by atoms with Gasteiger partial charge in [0.15, 0.2) is 5.78 Å². The first kappa shape index (κ1) is 41.3. The van der Waals surface area contributed by atoms with E-state index >= 15 is 0 Å². The number of thiophene rings is 1. The molecule has 4 nitrogen and oxygen atoms in total. The molecule has 1 N–H and O–H groups in total. The Labute approximate surface area is 292 Å². The summed E-state index contributed by atoms with van der Waals surface area (Å²) in [6, 6.07) is 10.7. The Morgan fingerprint density at radius 1 is 0.957 bits per heavy atom. The Bertz CT molecular complexity index is 1550. The number of allylic oxidation sites excluding steroid dienone is 2. The molecule has 0 aliphatic carbocycles. The predicted molar refractivity (Wildman–Crippen MR) is 180 cm³/mol. The van der Waals surface area contributed by atoms with E-state index in [4.69, 9.17) is 9.97 Å². The minimum atomic E-state index is -4.87. The number of halogens is 6. The number of benzene rings is 1. The number of hydrogen-bond acceptors (Lipinski definition) is 5. The summed E-state index contributed by atoms with van der Waals surface area (Å²) in [6.45, 7) is 17.7. The van der Waals surface area contributed by atoms with Crippen molar-refractivity contribution in [2.24, 2.45) is 11.8 Å². The normalized spacial score (nSPS) is 16.0. The van der Waals surface area contributed by atoms with Gasteiger partial charge in [0, 0.05) is 48.4 Å². The number of nitrogens with zero attached hydrogens (tertiary/aromatic N) is 2. The molecule has 0 atom stereocenters. The zero-order valence-electron chi connectivity index (χ0n) is 28.0. The summed E-state index contributed by atoms with van der Waals surface area (Å²) in [6.07, 6.45) is -10.3. The van der Waals surface area contributed by atoms with E-state index in [1.165, 1.54) is 33.4 Å². The number of fused-ring (bicyclic) bond motifs is 3. The molecule has 3 heterocycles. The summed E-state index contributed by atoms with van der Waals surface area (Å²) < 4.78 is 76.7. The van der Waals surface area contributed by atoms with Gasteiger partial charge in [0.2, 0.25) is 0 Å². The molecule has 0 amide bonds. The number of aryl methyl sites for hydroxylation is 2. The van der Waals surface area contributed by atoms with E-state index in [0.717, 1.165) is 11.3 Å². The SMILES string of the molecule is CCC(CC)C(=O)/C=C(\O)C(CC(F)(F)F)CC(F)(F)F.Cc1[c-]c(-c2ncnc3c4c(sc23)[Si](C)(C)CC[Si]4(C)C)cc(C)c1.[Ir]. The molecule has 1 aliphatic heterocycles. The number of carbonyl (C=O) groups excluding carboxylic acids is 1. The van der Waals surface area contributed by atoms with Gasteiger partial charge >= 0.3 is 12.4 Å². The number of aliphatic hydroxyl groups excluding tert-OH is 1. The predicted octanol–water partition coefficient (Wildman–Crippen LogP) is 9.57. The van der Waals surface area contributed by atoms with E-state index in [0.29, 0.717) is 18.9 Å². The molecule has 47 heavy (non-hydrogen) atoms. The van der Waals surface area contributed by atoms with Crippen LogP contribution >= 0.6 is 11.3 Å². The van der Waals surface area contributed by atoms with Gasteiger partial charge in [0.05, 0.1) is 40.3 Å². The van der Waals surface area contributed by atoms with Gasteiger partial charge in [-0.2, -0.15) is 37.7 Å². The molecule has 3 aromatic rings. The van der Waals surface area contributed by atoms with Crippen LogP contribution in [-0.4, -0.2) is 49.4 Å². The van der Waals surface area contributed by atoms with Crippen LogP contribution in [0.3, 0.4) is 0 Å². The van der Waals surface area contributed by atoms with Crippen molar-refractivity contribution in [2.75, 3.05) is 0 Å². The third-order valence-corrected chi connectivity index (χ3v) is 18.8. The first-order valence-corrected chi connectivity index (χ1v) is 22.7. The number of hydrogen-bond donors (Lipinski definition) is 1. The number of aromatic nitrogens is 2. The van der Waals surface area contributed by atoms with Crippen molar-refractivity contribution in [3.05, 3.63) is 47.5 Å². The molecule has 1 radical (unpaired) electrons. The van der Waals surface area contributed by atoms with Gasteiger partial charge in [-0.05, 0) is 22.5 Å². The summed E-state index contributed by atoms with van der Waals surface area (Å²) in [7, 11) is -2.77. The fraction of sp³-hybridized carbons (Fsp3) is 0.545. The third kappa shape index (κ3) is 10.8. The van der Waals surface area contributed by atoms with E-state index < -0.39 is 64.7 Å². The summed E-state index contributed by atoms with van der Waals surface area (Å²) in [4.78, 5) is 21.1. The smallest absolute Gasteiger partial charge is 0.389 e. The molecule has 2 aromatic heterocycles. The molecule has 0 saturated carbocycles. The van der Waals surface area contributed by atoms with E-state index in [1.807, 2.05) is 11.3 Å². The van der Waals surface area contributed by atoms with Crippen molar-refractivity contribution in [3.63, 3.8) is 0 Å². The maximum atomic E-state index is 12.3. The van der Waals surface area contributed by atoms with Gasteiger partial charge in [-0.15, -0.1) is 34.9 Å². The van der Waals surface area contributed by atoms with Crippen molar-refractivity contribution in [3.8, 4) is 11.3 Å². The molecular weight excluding hydrogens is 851 g/mol. The summed E-state index contributed by atoms with van der Waals surface area (Å²) in [5, 5.41) is 11.1. The van der Waals surface area contributed by atoms with E-state index in [2.05, 4.69) is 58.2 Å². The number of alkyl halides is 6. The minimum Gasteiger partial charge on any atom is -0.512 e. The molecule has 1 aromatic carbocycles. The molecule has 0 bridgehead atoms. The first-order valence-electron chi connectivity index (χ1n) is 15.5. The Morgan fingerprint density at radius 3 is 2.02 bits per heavy atom. The minimum absolute atomic E-state index is 0. The van der Waals surface area contributed by atoms with Crippen LogP contribution in [0.1, 0.15) is 50.7 Å². The van der Waals surface area contributed by atoms with E-state index in [9.17, 15) is 36.2 Å². The van der Waals surface area contributed by atoms with Crippen molar-refractivity contribution in [1.82, 2.24) is 9.97 Å². The van der Waals surface area contributed by atoms with Gasteiger partial charge in [0.25, 0.3) is 0 Å². The van der Waals surface area contributed by atoms with E-state index in [1.54, 1.807) is 29.9 Å². The van der Waals surface area contributed by atoms with Crippen LogP contribution in [0.4, 0.5) is 26.3 Å². The quantitative estimate of drug-likeness (QED) is 0.0806. The van der Waals surface area contributed by atoms with Crippen LogP contribution in [0.5, 0.6) is 0 Å². The Kier molecular flexibility index (Phi) is 13.9. The average molecular weight is 894 g/mol. The second-order valence-corrected chi connectivity index (χ2v) is 24.5. The molecule has 1 aliphatic rings. The maximum absolute atomic E-state index is 12.3. The van der Waals surface area contributed by atoms with Crippen molar-refractivity contribution in [2.45, 2.75) is 104 Å². The topological polar surface area (TPSA) is 63.1 Å². The molecule has 4 rings (SSSR count). The fourth-order valence-electron chi connectivity index (χ4n) is 6.00. The number of ketones is 1. The van der Waals surface area contributed by atoms with Crippen LogP contribution in [0.15, 0.2) is 30.3 Å². The van der Waals surface area contributed by atoms with Crippen LogP contribution in [0.25, 0.3) is 21.5 Å². The maximum Gasteiger partial charge on any atom is 0.389 e. The third-order valence-electron chi connectivity index (χ3n) is 8.59. The van der Waals surface area contributed by atoms with Crippen LogP contribution < -0.4 is 9.69 Å². The van der Waals surface area contributed by atoms with Crippen molar-refractivity contribution >= 4 is 53.2 Å². The van der Waals surface area contributed by atoms with Crippen LogP contribution in [0.2, 0.25) is 38.3 Å². The number of rotatable bonds is 8. The zero-order valence-corrected chi connectivity index (χ0v) is 33.2. The molecule has 263 valence electrons. The zero-order chi connectivity index (χ0) is 34.8. The molecule has 14 heteroatoms. The molecule has 0 saturated heterocycles. The summed E-state index contributed by atoms with van der Waals surface area (Å²) in [5.74, 6) is -4.54. The standard InChI is InChI=1S/C20H25N2SSi2.C13H18F6O2.Ir/c1-13-9-14(2)11-15(10-13)16-18-17(22-12-21-16)19-20(23-18)25(5,6)8-7-24(19,3)4;1-3-8(4-2)10(20)5-11(21)9(6-12(14,15)16)7-13(17,18)19;/h9-10,12H,7-8H2,1-6H3;5,8-9,21H,3-4,6-7H2,1-2H3;/q-1;;/b;11-5-;. The summed E-state index contributed by atoms with van der Waals surface area (Å²) in [5.41, 5.74) is 5.87. The van der Waals surface area contributed by atoms with Gasteiger partial charge in [-0.1, -0.05) is 66.0 Å². The van der Waals surface area contributed by atoms with Crippen molar-refractivity contribution in [1.29, 1.82) is 0 Å². The van der Waals surface area contributed by atoms with Gasteiger partial charge in [0.1, 0.15) is 6.33 Å². The Balaban J connectivity index is 0.000000327.